The summed E-state index contributed by atoms with van der Waals surface area (Å²) >= 11 is 0. The molecule has 0 radical (unpaired) electrons. The lowest BCUT2D eigenvalue weighted by molar-refractivity contribution is -0.130. The third-order valence-electron chi connectivity index (χ3n) is 4.26. The minimum Gasteiger partial charge on any atom is -0.353 e. The number of amides is 1. The van der Waals surface area contributed by atoms with E-state index < -0.39 is 0 Å². The van der Waals surface area contributed by atoms with E-state index in [1.807, 2.05) is 42.2 Å². The van der Waals surface area contributed by atoms with Gasteiger partial charge in [-0.15, -0.1) is 5.10 Å². The van der Waals surface area contributed by atoms with E-state index in [1.54, 1.807) is 12.1 Å². The van der Waals surface area contributed by atoms with E-state index in [1.165, 1.54) is 4.68 Å². The Bertz CT molecular complexity index is 757. The molecule has 0 spiro atoms. The fourth-order valence-corrected chi connectivity index (χ4v) is 2.94. The van der Waals surface area contributed by atoms with E-state index in [4.69, 9.17) is 0 Å². The SMILES string of the molecule is CCC(=O)N1CCCN(c2ccc(=O)n(-c3ccccc3)n2)CC1. The monoisotopic (exact) mass is 326 g/mol. The number of benzene rings is 1. The molecule has 0 N–H and O–H groups in total. The van der Waals surface area contributed by atoms with Crippen molar-refractivity contribution in [2.45, 2.75) is 19.8 Å². The highest BCUT2D eigenvalue weighted by Crippen LogP contribution is 2.14. The van der Waals surface area contributed by atoms with Crippen LogP contribution in [0.25, 0.3) is 5.69 Å². The molecule has 0 aliphatic carbocycles. The van der Waals surface area contributed by atoms with Crippen molar-refractivity contribution in [2.75, 3.05) is 31.1 Å². The summed E-state index contributed by atoms with van der Waals surface area (Å²) in [5.74, 6) is 0.961. The Balaban J connectivity index is 1.83. The van der Waals surface area contributed by atoms with Crippen molar-refractivity contribution in [1.82, 2.24) is 14.7 Å². The van der Waals surface area contributed by atoms with Crippen LogP contribution in [0, 0.1) is 0 Å². The van der Waals surface area contributed by atoms with Crippen molar-refractivity contribution in [2.24, 2.45) is 0 Å². The van der Waals surface area contributed by atoms with Gasteiger partial charge in [0.2, 0.25) is 5.91 Å². The van der Waals surface area contributed by atoms with Crippen LogP contribution in [0.3, 0.4) is 0 Å². The highest BCUT2D eigenvalue weighted by atomic mass is 16.2. The van der Waals surface area contributed by atoms with E-state index in [2.05, 4.69) is 10.00 Å². The fraction of sp³-hybridized carbons (Fsp3) is 0.389. The highest BCUT2D eigenvalue weighted by Gasteiger charge is 2.19. The predicted octanol–water partition coefficient (Wildman–Crippen LogP) is 1.68. The largest absolute Gasteiger partial charge is 0.353 e. The lowest BCUT2D eigenvalue weighted by atomic mass is 10.3. The summed E-state index contributed by atoms with van der Waals surface area (Å²) in [6.45, 7) is 4.92. The fourth-order valence-electron chi connectivity index (χ4n) is 2.94. The second kappa shape index (κ2) is 7.29. The smallest absolute Gasteiger partial charge is 0.271 e. The molecule has 126 valence electrons. The van der Waals surface area contributed by atoms with Crippen LogP contribution in [0.1, 0.15) is 19.8 Å². The van der Waals surface area contributed by atoms with Crippen molar-refractivity contribution in [3.63, 3.8) is 0 Å². The Morgan fingerprint density at radius 1 is 1.04 bits per heavy atom. The van der Waals surface area contributed by atoms with Crippen LogP contribution in [0.4, 0.5) is 5.82 Å². The maximum Gasteiger partial charge on any atom is 0.271 e. The number of rotatable bonds is 3. The molecule has 0 unspecified atom stereocenters. The Kier molecular flexibility index (Phi) is 4.93. The Morgan fingerprint density at radius 3 is 2.58 bits per heavy atom. The van der Waals surface area contributed by atoms with Gasteiger partial charge in [0.25, 0.3) is 5.56 Å². The molecule has 1 aliphatic rings. The van der Waals surface area contributed by atoms with Crippen LogP contribution in [0.5, 0.6) is 0 Å². The van der Waals surface area contributed by atoms with Crippen LogP contribution in [-0.4, -0.2) is 46.8 Å². The van der Waals surface area contributed by atoms with E-state index in [-0.39, 0.29) is 11.5 Å². The molecule has 24 heavy (non-hydrogen) atoms. The third kappa shape index (κ3) is 3.48. The number of aromatic nitrogens is 2. The van der Waals surface area contributed by atoms with Crippen LogP contribution < -0.4 is 10.5 Å². The maximum absolute atomic E-state index is 12.1. The van der Waals surface area contributed by atoms with Crippen molar-refractivity contribution in [3.05, 3.63) is 52.8 Å². The van der Waals surface area contributed by atoms with Crippen LogP contribution in [0.2, 0.25) is 0 Å². The van der Waals surface area contributed by atoms with Gasteiger partial charge in [0, 0.05) is 38.7 Å². The molecule has 6 nitrogen and oxygen atoms in total. The molecule has 6 heteroatoms. The topological polar surface area (TPSA) is 58.4 Å². The Morgan fingerprint density at radius 2 is 1.83 bits per heavy atom. The van der Waals surface area contributed by atoms with Gasteiger partial charge in [-0.05, 0) is 24.6 Å². The lowest BCUT2D eigenvalue weighted by Gasteiger charge is -2.23. The van der Waals surface area contributed by atoms with Gasteiger partial charge < -0.3 is 9.80 Å². The van der Waals surface area contributed by atoms with E-state index in [0.717, 1.165) is 37.6 Å². The van der Waals surface area contributed by atoms with E-state index in [0.29, 0.717) is 13.0 Å². The zero-order chi connectivity index (χ0) is 16.9. The number of carbonyl (C=O) groups is 1. The highest BCUT2D eigenvalue weighted by molar-refractivity contribution is 5.75. The second-order valence-corrected chi connectivity index (χ2v) is 5.85. The maximum atomic E-state index is 12.1. The predicted molar refractivity (Wildman–Crippen MR) is 93.5 cm³/mol. The van der Waals surface area contributed by atoms with Gasteiger partial charge in [-0.1, -0.05) is 25.1 Å². The molecule has 1 fully saturated rings. The molecule has 1 saturated heterocycles. The third-order valence-corrected chi connectivity index (χ3v) is 4.26. The summed E-state index contributed by atoms with van der Waals surface area (Å²) in [6, 6.07) is 12.7. The molecule has 1 aromatic heterocycles. The summed E-state index contributed by atoms with van der Waals surface area (Å²) in [5.41, 5.74) is 0.601. The van der Waals surface area contributed by atoms with Gasteiger partial charge >= 0.3 is 0 Å². The van der Waals surface area contributed by atoms with Gasteiger partial charge in [-0.2, -0.15) is 4.68 Å². The molecular formula is C18H22N4O2. The molecule has 3 rings (SSSR count). The molecule has 1 amide bonds. The van der Waals surface area contributed by atoms with Crippen LogP contribution in [-0.2, 0) is 4.79 Å². The minimum atomic E-state index is -0.150. The zero-order valence-corrected chi connectivity index (χ0v) is 13.9. The lowest BCUT2D eigenvalue weighted by Crippen LogP contribution is -2.35. The molecule has 1 aliphatic heterocycles. The number of hydrogen-bond donors (Lipinski definition) is 0. The molecule has 0 saturated carbocycles. The average molecular weight is 326 g/mol. The van der Waals surface area contributed by atoms with Gasteiger partial charge in [0.1, 0.15) is 5.82 Å². The number of hydrogen-bond acceptors (Lipinski definition) is 4. The first-order valence-corrected chi connectivity index (χ1v) is 8.37. The summed E-state index contributed by atoms with van der Waals surface area (Å²) in [7, 11) is 0. The molecule has 2 aromatic rings. The number of carbonyl (C=O) groups excluding carboxylic acids is 1. The van der Waals surface area contributed by atoms with Crippen LogP contribution in [0.15, 0.2) is 47.3 Å². The van der Waals surface area contributed by atoms with Crippen molar-refractivity contribution < 1.29 is 4.79 Å². The molecule has 0 bridgehead atoms. The minimum absolute atomic E-state index is 0.150. The number of anilines is 1. The van der Waals surface area contributed by atoms with Gasteiger partial charge in [-0.3, -0.25) is 9.59 Å². The summed E-state index contributed by atoms with van der Waals surface area (Å²) in [4.78, 5) is 28.1. The van der Waals surface area contributed by atoms with E-state index >= 15 is 0 Å². The number of para-hydroxylation sites is 1. The summed E-state index contributed by atoms with van der Waals surface area (Å²) in [5, 5.41) is 4.52. The normalized spacial score (nSPS) is 15.2. The summed E-state index contributed by atoms with van der Waals surface area (Å²) in [6.07, 6.45) is 1.44. The van der Waals surface area contributed by atoms with Gasteiger partial charge in [-0.25, -0.2) is 0 Å². The van der Waals surface area contributed by atoms with Crippen LogP contribution >= 0.6 is 0 Å². The first-order valence-electron chi connectivity index (χ1n) is 8.37. The van der Waals surface area contributed by atoms with Gasteiger partial charge in [0.15, 0.2) is 0 Å². The summed E-state index contributed by atoms with van der Waals surface area (Å²) < 4.78 is 1.43. The molecule has 2 heterocycles. The van der Waals surface area contributed by atoms with E-state index in [9.17, 15) is 9.59 Å². The first-order chi connectivity index (χ1) is 11.7. The quantitative estimate of drug-likeness (QED) is 0.861. The van der Waals surface area contributed by atoms with Crippen molar-refractivity contribution in [1.29, 1.82) is 0 Å². The second-order valence-electron chi connectivity index (χ2n) is 5.85. The standard InChI is InChI=1S/C18H22N4O2/c1-2-17(23)21-12-6-11-20(13-14-21)16-9-10-18(24)22(19-16)15-7-4-3-5-8-15/h3-5,7-10H,2,6,11-14H2,1H3. The zero-order valence-electron chi connectivity index (χ0n) is 13.9. The first kappa shape index (κ1) is 16.2. The molecule has 1 aromatic carbocycles. The molecular weight excluding hydrogens is 304 g/mol. The van der Waals surface area contributed by atoms with Gasteiger partial charge in [0.05, 0.1) is 5.69 Å². The molecule has 0 atom stereocenters. The Hall–Kier alpha value is -2.63. The number of nitrogens with zero attached hydrogens (tertiary/aromatic N) is 4. The Labute approximate surface area is 141 Å². The van der Waals surface area contributed by atoms with Crippen molar-refractivity contribution >= 4 is 11.7 Å². The average Bonchev–Trinajstić information content (AvgIpc) is 2.88. The van der Waals surface area contributed by atoms with Crippen molar-refractivity contribution in [3.8, 4) is 5.69 Å².